The Labute approximate surface area is 162 Å². The molecule has 3 N–H and O–H groups in total. The number of carbonyl (C=O) groups is 2. The quantitative estimate of drug-likeness (QED) is 0.676. The third-order valence-corrected chi connectivity index (χ3v) is 5.98. The van der Waals surface area contributed by atoms with Crippen LogP contribution in [0.25, 0.3) is 0 Å². The van der Waals surface area contributed by atoms with E-state index in [1.54, 1.807) is 0 Å². The molecule has 1 aromatic rings. The first-order valence-electron chi connectivity index (χ1n) is 10.0. The molecule has 1 heterocycles. The number of fused-ring (bicyclic) bond motifs is 1. The Bertz CT molecular complexity index is 676. The molecule has 148 valence electrons. The lowest BCUT2D eigenvalue weighted by atomic mass is 9.67. The molecule has 2 fully saturated rings. The Morgan fingerprint density at radius 1 is 1.26 bits per heavy atom. The van der Waals surface area contributed by atoms with Crippen LogP contribution >= 0.6 is 0 Å². The van der Waals surface area contributed by atoms with E-state index < -0.39 is 0 Å². The lowest BCUT2D eigenvalue weighted by Gasteiger charge is -2.37. The van der Waals surface area contributed by atoms with Gasteiger partial charge in [-0.05, 0) is 57.1 Å². The largest absolute Gasteiger partial charge is 0.351 e. The third kappa shape index (κ3) is 4.68. The van der Waals surface area contributed by atoms with Crippen molar-refractivity contribution in [3.8, 4) is 0 Å². The summed E-state index contributed by atoms with van der Waals surface area (Å²) in [5.74, 6) is 0.550. The highest BCUT2D eigenvalue weighted by Crippen LogP contribution is 2.43. The minimum Gasteiger partial charge on any atom is -0.351 e. The zero-order valence-electron chi connectivity index (χ0n) is 16.5. The first-order valence-corrected chi connectivity index (χ1v) is 10.0. The molecular weight excluding hydrogens is 340 g/mol. The standard InChI is InChI=1S/C21H32N4O2/c1-25(2)11-10-23-19(26)17-7-5-6-16(12-17)13-24-20(27)21-9-4-3-8-18(21)14-22-15-21/h5-7,12,18,22H,3-4,8-11,13-15H2,1-2H3,(H,23,26)(H,24,27)/t18-,21+/m0/s1. The summed E-state index contributed by atoms with van der Waals surface area (Å²) in [6, 6.07) is 7.52. The second-order valence-electron chi connectivity index (χ2n) is 8.17. The van der Waals surface area contributed by atoms with Crippen molar-refractivity contribution in [2.45, 2.75) is 32.2 Å². The van der Waals surface area contributed by atoms with E-state index >= 15 is 0 Å². The maximum atomic E-state index is 13.0. The van der Waals surface area contributed by atoms with Gasteiger partial charge in [-0.2, -0.15) is 0 Å². The number of hydrogen-bond acceptors (Lipinski definition) is 4. The molecule has 0 spiro atoms. The summed E-state index contributed by atoms with van der Waals surface area (Å²) < 4.78 is 0. The van der Waals surface area contributed by atoms with Crippen LogP contribution in [0.3, 0.4) is 0 Å². The molecule has 1 aromatic carbocycles. The van der Waals surface area contributed by atoms with Crippen LogP contribution in [0.15, 0.2) is 24.3 Å². The van der Waals surface area contributed by atoms with Gasteiger partial charge in [-0.1, -0.05) is 25.0 Å². The fourth-order valence-electron chi connectivity index (χ4n) is 4.37. The van der Waals surface area contributed by atoms with E-state index in [4.69, 9.17) is 0 Å². The van der Waals surface area contributed by atoms with Gasteiger partial charge in [-0.3, -0.25) is 9.59 Å². The van der Waals surface area contributed by atoms with Crippen molar-refractivity contribution in [1.29, 1.82) is 0 Å². The first kappa shape index (κ1) is 19.8. The smallest absolute Gasteiger partial charge is 0.251 e. The minimum atomic E-state index is -0.237. The molecule has 1 aliphatic carbocycles. The molecule has 2 amide bonds. The average Bonchev–Trinajstić information content (AvgIpc) is 3.11. The van der Waals surface area contributed by atoms with Gasteiger partial charge in [0, 0.05) is 31.7 Å². The molecule has 0 aromatic heterocycles. The number of nitrogens with one attached hydrogen (secondary N) is 3. The fraction of sp³-hybridized carbons (Fsp3) is 0.619. The van der Waals surface area contributed by atoms with E-state index in [9.17, 15) is 9.59 Å². The van der Waals surface area contributed by atoms with E-state index in [0.29, 0.717) is 24.6 Å². The molecule has 2 atom stereocenters. The predicted octanol–water partition coefficient (Wildman–Crippen LogP) is 1.37. The van der Waals surface area contributed by atoms with Crippen LogP contribution < -0.4 is 16.0 Å². The van der Waals surface area contributed by atoms with Crippen LogP contribution in [0.5, 0.6) is 0 Å². The molecule has 3 rings (SSSR count). The molecule has 1 saturated carbocycles. The number of hydrogen-bond donors (Lipinski definition) is 3. The van der Waals surface area contributed by atoms with E-state index in [2.05, 4.69) is 16.0 Å². The van der Waals surface area contributed by atoms with Crippen molar-refractivity contribution in [2.24, 2.45) is 11.3 Å². The molecule has 6 heteroatoms. The fourth-order valence-corrected chi connectivity index (χ4v) is 4.37. The van der Waals surface area contributed by atoms with Gasteiger partial charge in [-0.25, -0.2) is 0 Å². The molecule has 27 heavy (non-hydrogen) atoms. The van der Waals surface area contributed by atoms with Crippen LogP contribution in [-0.2, 0) is 11.3 Å². The van der Waals surface area contributed by atoms with E-state index in [0.717, 1.165) is 44.5 Å². The van der Waals surface area contributed by atoms with Gasteiger partial charge < -0.3 is 20.9 Å². The number of amides is 2. The van der Waals surface area contributed by atoms with Crippen molar-refractivity contribution in [1.82, 2.24) is 20.9 Å². The van der Waals surface area contributed by atoms with Gasteiger partial charge in [0.2, 0.25) is 5.91 Å². The number of benzene rings is 1. The lowest BCUT2D eigenvalue weighted by molar-refractivity contribution is -0.134. The maximum absolute atomic E-state index is 13.0. The summed E-state index contributed by atoms with van der Waals surface area (Å²) in [4.78, 5) is 27.3. The Morgan fingerprint density at radius 2 is 2.11 bits per heavy atom. The maximum Gasteiger partial charge on any atom is 0.251 e. The van der Waals surface area contributed by atoms with Crippen LogP contribution in [0.2, 0.25) is 0 Å². The SMILES string of the molecule is CN(C)CCNC(=O)c1cccc(CNC(=O)[C@@]23CCCC[C@H]2CNC3)c1. The second kappa shape index (κ2) is 8.85. The van der Waals surface area contributed by atoms with Gasteiger partial charge in [0.15, 0.2) is 0 Å². The molecule has 0 unspecified atom stereocenters. The Kier molecular flexibility index (Phi) is 6.50. The van der Waals surface area contributed by atoms with Crippen LogP contribution in [0.4, 0.5) is 0 Å². The summed E-state index contributed by atoms with van der Waals surface area (Å²) in [5, 5.41) is 9.48. The molecule has 1 saturated heterocycles. The van der Waals surface area contributed by atoms with Crippen LogP contribution in [0, 0.1) is 11.3 Å². The van der Waals surface area contributed by atoms with Crippen molar-refractivity contribution in [3.63, 3.8) is 0 Å². The Hall–Kier alpha value is -1.92. The van der Waals surface area contributed by atoms with E-state index in [-0.39, 0.29) is 17.2 Å². The minimum absolute atomic E-state index is 0.0732. The van der Waals surface area contributed by atoms with Crippen molar-refractivity contribution < 1.29 is 9.59 Å². The second-order valence-corrected chi connectivity index (χ2v) is 8.17. The van der Waals surface area contributed by atoms with E-state index in [1.807, 2.05) is 43.3 Å². The molecular formula is C21H32N4O2. The van der Waals surface area contributed by atoms with Gasteiger partial charge in [-0.15, -0.1) is 0 Å². The highest BCUT2D eigenvalue weighted by atomic mass is 16.2. The van der Waals surface area contributed by atoms with Crippen LogP contribution in [0.1, 0.15) is 41.6 Å². The van der Waals surface area contributed by atoms with Crippen molar-refractivity contribution in [3.05, 3.63) is 35.4 Å². The van der Waals surface area contributed by atoms with Crippen molar-refractivity contribution >= 4 is 11.8 Å². The topological polar surface area (TPSA) is 73.5 Å². The molecule has 2 aliphatic rings. The number of carbonyl (C=O) groups excluding carboxylic acids is 2. The number of likely N-dealkylation sites (N-methyl/N-ethyl adjacent to an activating group) is 1. The van der Waals surface area contributed by atoms with E-state index in [1.165, 1.54) is 6.42 Å². The Balaban J connectivity index is 1.56. The lowest BCUT2D eigenvalue weighted by Crippen LogP contribution is -2.47. The van der Waals surface area contributed by atoms with Gasteiger partial charge in [0.05, 0.1) is 5.41 Å². The zero-order valence-corrected chi connectivity index (χ0v) is 16.5. The summed E-state index contributed by atoms with van der Waals surface area (Å²) in [5.41, 5.74) is 1.36. The predicted molar refractivity (Wildman–Crippen MR) is 106 cm³/mol. The Morgan fingerprint density at radius 3 is 2.93 bits per heavy atom. The molecule has 6 nitrogen and oxygen atoms in total. The van der Waals surface area contributed by atoms with Gasteiger partial charge >= 0.3 is 0 Å². The summed E-state index contributed by atoms with van der Waals surface area (Å²) >= 11 is 0. The summed E-state index contributed by atoms with van der Waals surface area (Å²) in [7, 11) is 3.96. The molecule has 0 radical (unpaired) electrons. The summed E-state index contributed by atoms with van der Waals surface area (Å²) in [6.07, 6.45) is 4.48. The number of nitrogens with zero attached hydrogens (tertiary/aromatic N) is 1. The normalized spacial score (nSPS) is 24.5. The highest BCUT2D eigenvalue weighted by Gasteiger charge is 2.49. The average molecular weight is 373 g/mol. The summed E-state index contributed by atoms with van der Waals surface area (Å²) in [6.45, 7) is 3.63. The third-order valence-electron chi connectivity index (χ3n) is 5.98. The van der Waals surface area contributed by atoms with Gasteiger partial charge in [0.1, 0.15) is 0 Å². The first-order chi connectivity index (χ1) is 13.0. The van der Waals surface area contributed by atoms with Crippen LogP contribution in [-0.4, -0.2) is 57.0 Å². The molecule has 0 bridgehead atoms. The molecule has 1 aliphatic heterocycles. The van der Waals surface area contributed by atoms with Crippen molar-refractivity contribution in [2.75, 3.05) is 40.3 Å². The monoisotopic (exact) mass is 372 g/mol. The zero-order chi connectivity index (χ0) is 19.3. The number of rotatable bonds is 7. The van der Waals surface area contributed by atoms with Gasteiger partial charge in [0.25, 0.3) is 5.91 Å². The highest BCUT2D eigenvalue weighted by molar-refractivity contribution is 5.94.